The molecule has 0 fully saturated rings. The summed E-state index contributed by atoms with van der Waals surface area (Å²) in [7, 11) is 8.51. The number of hydrogen-bond donors (Lipinski definition) is 1. The highest BCUT2D eigenvalue weighted by molar-refractivity contribution is 5.92. The number of ether oxygens (including phenoxy) is 3. The number of nitrogens with zero attached hydrogens (tertiary/aromatic N) is 1. The summed E-state index contributed by atoms with van der Waals surface area (Å²) >= 11 is 0. The number of methoxy groups -OCH3 is 3. The zero-order valence-corrected chi connectivity index (χ0v) is 17.4. The highest BCUT2D eigenvalue weighted by Gasteiger charge is 2.37. The maximum atomic E-state index is 12.1. The highest BCUT2D eigenvalue weighted by Crippen LogP contribution is 2.45. The third kappa shape index (κ3) is 3.78. The Balaban J connectivity index is 2.79. The first-order chi connectivity index (χ1) is 13.4. The van der Waals surface area contributed by atoms with Gasteiger partial charge in [0.1, 0.15) is 0 Å². The molecule has 28 heavy (non-hydrogen) atoms. The second-order valence-corrected chi connectivity index (χ2v) is 6.80. The van der Waals surface area contributed by atoms with Crippen LogP contribution in [0.15, 0.2) is 36.4 Å². The van der Waals surface area contributed by atoms with Gasteiger partial charge in [-0.2, -0.15) is 0 Å². The van der Waals surface area contributed by atoms with Crippen molar-refractivity contribution in [1.82, 2.24) is 4.90 Å². The zero-order chi connectivity index (χ0) is 20.9. The fraction of sp³-hybridized carbons (Fsp3) is 0.409. The van der Waals surface area contributed by atoms with E-state index in [1.165, 1.54) is 27.4 Å². The first-order valence-corrected chi connectivity index (χ1v) is 9.14. The predicted molar refractivity (Wildman–Crippen MR) is 109 cm³/mol. The van der Waals surface area contributed by atoms with Crippen LogP contribution in [-0.4, -0.2) is 51.4 Å². The molecule has 0 aliphatic heterocycles. The molecule has 0 saturated carbocycles. The van der Waals surface area contributed by atoms with E-state index in [1.807, 2.05) is 32.3 Å². The Labute approximate surface area is 166 Å². The lowest BCUT2D eigenvalue weighted by atomic mass is 9.79. The second kappa shape index (κ2) is 8.97. The SMILES string of the molecule is CCC(Cc1c(C(=O)O)cc(OC)c(OC)c1OC)(c1ccccc1)N(C)C. The third-order valence-electron chi connectivity index (χ3n) is 5.38. The molecule has 6 nitrogen and oxygen atoms in total. The van der Waals surface area contributed by atoms with Crippen LogP contribution in [-0.2, 0) is 12.0 Å². The van der Waals surface area contributed by atoms with Gasteiger partial charge in [-0.15, -0.1) is 0 Å². The average molecular weight is 387 g/mol. The van der Waals surface area contributed by atoms with Crippen molar-refractivity contribution in [3.8, 4) is 17.2 Å². The molecule has 0 saturated heterocycles. The largest absolute Gasteiger partial charge is 0.493 e. The molecule has 0 aliphatic carbocycles. The minimum absolute atomic E-state index is 0.144. The highest BCUT2D eigenvalue weighted by atomic mass is 16.5. The maximum Gasteiger partial charge on any atom is 0.336 e. The summed E-state index contributed by atoms with van der Waals surface area (Å²) in [6.45, 7) is 2.10. The Morgan fingerprint density at radius 2 is 1.64 bits per heavy atom. The van der Waals surface area contributed by atoms with E-state index in [9.17, 15) is 9.90 Å². The van der Waals surface area contributed by atoms with E-state index < -0.39 is 11.5 Å². The number of hydrogen-bond acceptors (Lipinski definition) is 5. The van der Waals surface area contributed by atoms with E-state index in [4.69, 9.17) is 14.2 Å². The zero-order valence-electron chi connectivity index (χ0n) is 17.4. The molecule has 2 aromatic carbocycles. The minimum atomic E-state index is -1.04. The molecule has 0 radical (unpaired) electrons. The molecule has 0 bridgehead atoms. The quantitative estimate of drug-likeness (QED) is 0.705. The molecule has 1 unspecified atom stereocenters. The second-order valence-electron chi connectivity index (χ2n) is 6.80. The Hall–Kier alpha value is -2.73. The van der Waals surface area contributed by atoms with E-state index in [0.717, 1.165) is 12.0 Å². The third-order valence-corrected chi connectivity index (χ3v) is 5.38. The lowest BCUT2D eigenvalue weighted by Crippen LogP contribution is -2.43. The van der Waals surface area contributed by atoms with Gasteiger partial charge in [0.2, 0.25) is 5.75 Å². The lowest BCUT2D eigenvalue weighted by molar-refractivity contribution is 0.0692. The van der Waals surface area contributed by atoms with Crippen LogP contribution < -0.4 is 14.2 Å². The molecule has 0 heterocycles. The monoisotopic (exact) mass is 387 g/mol. The Bertz CT molecular complexity index is 819. The summed E-state index contributed by atoms with van der Waals surface area (Å²) in [5.74, 6) is 0.0647. The van der Waals surface area contributed by atoms with Crippen LogP contribution in [0.5, 0.6) is 17.2 Å². The molecule has 152 valence electrons. The molecule has 6 heteroatoms. The van der Waals surface area contributed by atoms with Gasteiger partial charge in [0.15, 0.2) is 11.5 Å². The first-order valence-electron chi connectivity index (χ1n) is 9.14. The summed E-state index contributed by atoms with van der Waals surface area (Å²) in [4.78, 5) is 14.2. The molecule has 2 rings (SSSR count). The van der Waals surface area contributed by atoms with Crippen LogP contribution in [0.25, 0.3) is 0 Å². The van der Waals surface area contributed by atoms with Crippen LogP contribution in [0.1, 0.15) is 34.8 Å². The van der Waals surface area contributed by atoms with Crippen molar-refractivity contribution < 1.29 is 24.1 Å². The number of carboxylic acids is 1. The smallest absolute Gasteiger partial charge is 0.336 e. The van der Waals surface area contributed by atoms with Gasteiger partial charge < -0.3 is 19.3 Å². The van der Waals surface area contributed by atoms with E-state index in [2.05, 4.69) is 24.0 Å². The lowest BCUT2D eigenvalue weighted by Gasteiger charge is -2.41. The molecule has 0 spiro atoms. The molecular formula is C22H29NO5. The van der Waals surface area contributed by atoms with E-state index in [0.29, 0.717) is 29.2 Å². The number of carboxylic acid groups (broad SMARTS) is 1. The van der Waals surface area contributed by atoms with Gasteiger partial charge in [0.05, 0.1) is 26.9 Å². The van der Waals surface area contributed by atoms with Crippen LogP contribution in [0.3, 0.4) is 0 Å². The van der Waals surface area contributed by atoms with Gasteiger partial charge in [-0.3, -0.25) is 4.90 Å². The molecule has 0 amide bonds. The Morgan fingerprint density at radius 1 is 1.04 bits per heavy atom. The fourth-order valence-corrected chi connectivity index (χ4v) is 3.79. The molecule has 2 aromatic rings. The molecule has 1 atom stereocenters. The van der Waals surface area contributed by atoms with Gasteiger partial charge in [0, 0.05) is 11.1 Å². The number of rotatable bonds is 9. The van der Waals surface area contributed by atoms with E-state index in [-0.39, 0.29) is 5.56 Å². The van der Waals surface area contributed by atoms with Gasteiger partial charge in [-0.25, -0.2) is 4.79 Å². The van der Waals surface area contributed by atoms with Crippen molar-refractivity contribution >= 4 is 5.97 Å². The normalized spacial score (nSPS) is 13.1. The first kappa shape index (κ1) is 21.6. The van der Waals surface area contributed by atoms with Gasteiger partial charge in [-0.05, 0) is 38.6 Å². The molecule has 0 aliphatic rings. The van der Waals surface area contributed by atoms with Gasteiger partial charge in [-0.1, -0.05) is 37.3 Å². The summed E-state index contributed by atoms with van der Waals surface area (Å²) in [6, 6.07) is 11.6. The summed E-state index contributed by atoms with van der Waals surface area (Å²) in [5.41, 5.74) is 1.41. The van der Waals surface area contributed by atoms with Crippen molar-refractivity contribution in [3.63, 3.8) is 0 Å². The topological polar surface area (TPSA) is 68.2 Å². The predicted octanol–water partition coefficient (Wildman–Crippen LogP) is 3.82. The average Bonchev–Trinajstić information content (AvgIpc) is 2.71. The Kier molecular flexibility index (Phi) is 6.91. The maximum absolute atomic E-state index is 12.1. The number of carbonyl (C=O) groups is 1. The van der Waals surface area contributed by atoms with Crippen LogP contribution in [0, 0.1) is 0 Å². The summed E-state index contributed by atoms with van der Waals surface area (Å²) in [5, 5.41) is 9.88. The van der Waals surface area contributed by atoms with Crippen molar-refractivity contribution in [2.75, 3.05) is 35.4 Å². The minimum Gasteiger partial charge on any atom is -0.493 e. The number of benzene rings is 2. The van der Waals surface area contributed by atoms with Gasteiger partial charge >= 0.3 is 5.97 Å². The van der Waals surface area contributed by atoms with E-state index >= 15 is 0 Å². The van der Waals surface area contributed by atoms with Crippen molar-refractivity contribution in [1.29, 1.82) is 0 Å². The van der Waals surface area contributed by atoms with Crippen LogP contribution in [0.2, 0.25) is 0 Å². The van der Waals surface area contributed by atoms with Crippen molar-refractivity contribution in [3.05, 3.63) is 53.1 Å². The summed E-state index contributed by atoms with van der Waals surface area (Å²) in [6.07, 6.45) is 1.21. The molecule has 1 N–H and O–H groups in total. The van der Waals surface area contributed by atoms with Gasteiger partial charge in [0.25, 0.3) is 0 Å². The fourth-order valence-electron chi connectivity index (χ4n) is 3.79. The van der Waals surface area contributed by atoms with Crippen molar-refractivity contribution in [2.24, 2.45) is 0 Å². The van der Waals surface area contributed by atoms with Crippen molar-refractivity contribution in [2.45, 2.75) is 25.3 Å². The number of aromatic carboxylic acids is 1. The summed E-state index contributed by atoms with van der Waals surface area (Å²) < 4.78 is 16.4. The molecular weight excluding hydrogens is 358 g/mol. The Morgan fingerprint density at radius 3 is 2.07 bits per heavy atom. The van der Waals surface area contributed by atoms with Crippen LogP contribution in [0.4, 0.5) is 0 Å². The molecule has 0 aromatic heterocycles. The van der Waals surface area contributed by atoms with Crippen LogP contribution >= 0.6 is 0 Å². The number of likely N-dealkylation sites (N-methyl/N-ethyl adjacent to an activating group) is 1. The standard InChI is InChI=1S/C22H29NO5/c1-7-22(23(2)3,15-11-9-8-10-12-15)14-17-16(21(24)25)13-18(26-4)20(28-6)19(17)27-5/h8-13H,7,14H2,1-6H3,(H,24,25). The van der Waals surface area contributed by atoms with E-state index in [1.54, 1.807) is 0 Å².